The van der Waals surface area contributed by atoms with Gasteiger partial charge in [-0.2, -0.15) is 0 Å². The molecule has 1 aliphatic rings. The van der Waals surface area contributed by atoms with Gasteiger partial charge in [0.15, 0.2) is 0 Å². The van der Waals surface area contributed by atoms with Gasteiger partial charge in [0, 0.05) is 20.2 Å². The van der Waals surface area contributed by atoms with Crippen molar-refractivity contribution in [2.24, 2.45) is 16.7 Å². The van der Waals surface area contributed by atoms with Gasteiger partial charge >= 0.3 is 0 Å². The van der Waals surface area contributed by atoms with E-state index in [4.69, 9.17) is 4.74 Å². The lowest BCUT2D eigenvalue weighted by Gasteiger charge is -2.33. The van der Waals surface area contributed by atoms with Crippen molar-refractivity contribution in [3.05, 3.63) is 0 Å². The predicted molar refractivity (Wildman–Crippen MR) is 74.3 cm³/mol. The molecule has 0 heterocycles. The summed E-state index contributed by atoms with van der Waals surface area (Å²) in [5.41, 5.74) is 0.962. The third-order valence-corrected chi connectivity index (χ3v) is 4.02. The third-order valence-electron chi connectivity index (χ3n) is 4.02. The van der Waals surface area contributed by atoms with Gasteiger partial charge in [-0.3, -0.25) is 0 Å². The molecule has 1 saturated carbocycles. The van der Waals surface area contributed by atoms with Crippen LogP contribution in [0.1, 0.15) is 53.4 Å². The first-order valence-electron chi connectivity index (χ1n) is 7.07. The van der Waals surface area contributed by atoms with Gasteiger partial charge in [-0.25, -0.2) is 0 Å². The molecule has 1 aliphatic carbocycles. The van der Waals surface area contributed by atoms with Gasteiger partial charge in [0.05, 0.1) is 6.61 Å². The molecule has 1 fully saturated rings. The van der Waals surface area contributed by atoms with Crippen molar-refractivity contribution in [2.45, 2.75) is 53.4 Å². The van der Waals surface area contributed by atoms with E-state index in [1.54, 1.807) is 7.11 Å². The largest absolute Gasteiger partial charge is 0.383 e. The average molecular weight is 241 g/mol. The monoisotopic (exact) mass is 241 g/mol. The number of rotatable bonds is 8. The molecule has 1 unspecified atom stereocenters. The van der Waals surface area contributed by atoms with Crippen molar-refractivity contribution in [2.75, 3.05) is 26.8 Å². The standard InChI is InChI=1S/C15H31NO/c1-14(2,3)8-9-15(4,13-6-7-13)12-16-10-11-17-5/h13,16H,6-12H2,1-5H3. The van der Waals surface area contributed by atoms with Gasteiger partial charge in [0.2, 0.25) is 0 Å². The Labute approximate surface area is 108 Å². The van der Waals surface area contributed by atoms with E-state index in [1.165, 1.54) is 25.7 Å². The fourth-order valence-electron chi connectivity index (χ4n) is 2.43. The molecule has 0 saturated heterocycles. The maximum Gasteiger partial charge on any atom is 0.0587 e. The first kappa shape index (κ1) is 15.0. The Morgan fingerprint density at radius 2 is 1.76 bits per heavy atom. The Morgan fingerprint density at radius 1 is 1.12 bits per heavy atom. The highest BCUT2D eigenvalue weighted by molar-refractivity contribution is 4.93. The fourth-order valence-corrected chi connectivity index (χ4v) is 2.43. The molecule has 0 aliphatic heterocycles. The molecule has 0 aromatic rings. The Balaban J connectivity index is 2.34. The summed E-state index contributed by atoms with van der Waals surface area (Å²) < 4.78 is 5.08. The van der Waals surface area contributed by atoms with E-state index < -0.39 is 0 Å². The second kappa shape index (κ2) is 6.19. The van der Waals surface area contributed by atoms with Gasteiger partial charge in [0.25, 0.3) is 0 Å². The summed E-state index contributed by atoms with van der Waals surface area (Å²) in [6.07, 6.45) is 5.55. The van der Waals surface area contributed by atoms with Crippen LogP contribution in [-0.4, -0.2) is 26.8 Å². The van der Waals surface area contributed by atoms with E-state index in [0.717, 1.165) is 25.6 Å². The molecule has 0 bridgehead atoms. The Bertz CT molecular complexity index is 217. The van der Waals surface area contributed by atoms with Crippen molar-refractivity contribution < 1.29 is 4.74 Å². The smallest absolute Gasteiger partial charge is 0.0587 e. The van der Waals surface area contributed by atoms with Crippen LogP contribution in [-0.2, 0) is 4.74 Å². The van der Waals surface area contributed by atoms with E-state index in [1.807, 2.05) is 0 Å². The number of ether oxygens (including phenoxy) is 1. The molecular formula is C15H31NO. The molecule has 0 radical (unpaired) electrons. The summed E-state index contributed by atoms with van der Waals surface area (Å²) >= 11 is 0. The fraction of sp³-hybridized carbons (Fsp3) is 1.00. The Kier molecular flexibility index (Phi) is 5.46. The maximum atomic E-state index is 5.08. The van der Waals surface area contributed by atoms with Crippen LogP contribution in [0, 0.1) is 16.7 Å². The molecule has 2 heteroatoms. The molecule has 1 rings (SSSR count). The zero-order chi connectivity index (χ0) is 12.9. The lowest BCUT2D eigenvalue weighted by atomic mass is 9.75. The minimum absolute atomic E-state index is 0.461. The SMILES string of the molecule is COCCNCC(C)(CCC(C)(C)C)C1CC1. The van der Waals surface area contributed by atoms with Crippen molar-refractivity contribution in [1.82, 2.24) is 5.32 Å². The summed E-state index contributed by atoms with van der Waals surface area (Å²) in [6, 6.07) is 0. The summed E-state index contributed by atoms with van der Waals surface area (Å²) in [5.74, 6) is 0.958. The van der Waals surface area contributed by atoms with E-state index in [2.05, 4.69) is 33.0 Å². The van der Waals surface area contributed by atoms with Crippen LogP contribution < -0.4 is 5.32 Å². The van der Waals surface area contributed by atoms with Crippen LogP contribution in [0.4, 0.5) is 0 Å². The van der Waals surface area contributed by atoms with Crippen molar-refractivity contribution in [3.63, 3.8) is 0 Å². The molecule has 17 heavy (non-hydrogen) atoms. The van der Waals surface area contributed by atoms with Gasteiger partial charge < -0.3 is 10.1 Å². The molecule has 0 aromatic heterocycles. The quantitative estimate of drug-likeness (QED) is 0.657. The molecule has 1 atom stereocenters. The number of nitrogens with one attached hydrogen (secondary N) is 1. The van der Waals surface area contributed by atoms with Crippen LogP contribution in [0.5, 0.6) is 0 Å². The van der Waals surface area contributed by atoms with E-state index in [9.17, 15) is 0 Å². The molecule has 0 amide bonds. The van der Waals surface area contributed by atoms with Gasteiger partial charge in [0.1, 0.15) is 0 Å². The van der Waals surface area contributed by atoms with Crippen molar-refractivity contribution in [1.29, 1.82) is 0 Å². The maximum absolute atomic E-state index is 5.08. The number of hydrogen-bond acceptors (Lipinski definition) is 2. The van der Waals surface area contributed by atoms with E-state index in [0.29, 0.717) is 10.8 Å². The van der Waals surface area contributed by atoms with E-state index >= 15 is 0 Å². The van der Waals surface area contributed by atoms with Crippen LogP contribution in [0.2, 0.25) is 0 Å². The summed E-state index contributed by atoms with van der Waals surface area (Å²) in [5, 5.41) is 3.56. The molecule has 0 spiro atoms. The molecule has 2 nitrogen and oxygen atoms in total. The second-order valence-electron chi connectivity index (χ2n) is 7.16. The highest BCUT2D eigenvalue weighted by atomic mass is 16.5. The first-order chi connectivity index (χ1) is 7.87. The average Bonchev–Trinajstić information content (AvgIpc) is 3.04. The molecular weight excluding hydrogens is 210 g/mol. The minimum atomic E-state index is 0.461. The first-order valence-corrected chi connectivity index (χ1v) is 7.07. The van der Waals surface area contributed by atoms with Gasteiger partial charge in [-0.05, 0) is 42.4 Å². The topological polar surface area (TPSA) is 21.3 Å². The lowest BCUT2D eigenvalue weighted by Crippen LogP contribution is -2.36. The Morgan fingerprint density at radius 3 is 2.24 bits per heavy atom. The van der Waals surface area contributed by atoms with Gasteiger partial charge in [-0.1, -0.05) is 27.7 Å². The molecule has 102 valence electrons. The third kappa shape index (κ3) is 5.87. The van der Waals surface area contributed by atoms with Crippen LogP contribution in [0.25, 0.3) is 0 Å². The second-order valence-corrected chi connectivity index (χ2v) is 7.16. The highest BCUT2D eigenvalue weighted by Crippen LogP contribution is 2.49. The molecule has 0 aromatic carbocycles. The summed E-state index contributed by atoms with van der Waals surface area (Å²) in [4.78, 5) is 0. The van der Waals surface area contributed by atoms with Crippen molar-refractivity contribution >= 4 is 0 Å². The Hall–Kier alpha value is -0.0800. The normalized spacial score (nSPS) is 20.3. The molecule has 1 N–H and O–H groups in total. The van der Waals surface area contributed by atoms with Crippen LogP contribution in [0.3, 0.4) is 0 Å². The zero-order valence-electron chi connectivity index (χ0n) is 12.4. The number of methoxy groups -OCH3 is 1. The van der Waals surface area contributed by atoms with Crippen LogP contribution >= 0.6 is 0 Å². The highest BCUT2D eigenvalue weighted by Gasteiger charge is 2.41. The van der Waals surface area contributed by atoms with Crippen molar-refractivity contribution in [3.8, 4) is 0 Å². The van der Waals surface area contributed by atoms with Crippen LogP contribution in [0.15, 0.2) is 0 Å². The summed E-state index contributed by atoms with van der Waals surface area (Å²) in [7, 11) is 1.77. The summed E-state index contributed by atoms with van der Waals surface area (Å²) in [6.45, 7) is 12.5. The zero-order valence-corrected chi connectivity index (χ0v) is 12.4. The lowest BCUT2D eigenvalue weighted by molar-refractivity contribution is 0.172. The predicted octanol–water partition coefficient (Wildman–Crippen LogP) is 3.47. The van der Waals surface area contributed by atoms with E-state index in [-0.39, 0.29) is 0 Å². The minimum Gasteiger partial charge on any atom is -0.383 e. The number of hydrogen-bond donors (Lipinski definition) is 1. The van der Waals surface area contributed by atoms with Gasteiger partial charge in [-0.15, -0.1) is 0 Å².